The zero-order valence-corrected chi connectivity index (χ0v) is 16.4. The van der Waals surface area contributed by atoms with Crippen molar-refractivity contribution < 1.29 is 9.59 Å². The third-order valence-electron chi connectivity index (χ3n) is 4.13. The first-order chi connectivity index (χ1) is 12.6. The molecule has 0 spiro atoms. The molecule has 27 heavy (non-hydrogen) atoms. The van der Waals surface area contributed by atoms with Gasteiger partial charge in [0, 0.05) is 12.2 Å². The summed E-state index contributed by atoms with van der Waals surface area (Å²) in [5.41, 5.74) is 8.44. The van der Waals surface area contributed by atoms with Crippen LogP contribution in [-0.2, 0) is 22.4 Å². The minimum Gasteiger partial charge on any atom is -0.399 e. The Morgan fingerprint density at radius 2 is 1.67 bits per heavy atom. The molecule has 0 aliphatic carbocycles. The molecule has 0 bridgehead atoms. The lowest BCUT2D eigenvalue weighted by Crippen LogP contribution is -2.47. The zero-order chi connectivity index (χ0) is 18.8. The van der Waals surface area contributed by atoms with Crippen LogP contribution >= 0.6 is 12.4 Å². The van der Waals surface area contributed by atoms with Gasteiger partial charge in [-0.25, -0.2) is 0 Å². The van der Waals surface area contributed by atoms with Gasteiger partial charge in [0.15, 0.2) is 0 Å². The molecule has 146 valence electrons. The van der Waals surface area contributed by atoms with Crippen LogP contribution in [0.5, 0.6) is 0 Å². The SMILES string of the molecule is CCCC(NC(=O)Cc1ccccc1)C(=O)NCCc1ccc(N)cc1.Cl. The monoisotopic (exact) mass is 389 g/mol. The number of hydrogen-bond donors (Lipinski definition) is 3. The van der Waals surface area contributed by atoms with Crippen molar-refractivity contribution in [2.75, 3.05) is 12.3 Å². The van der Waals surface area contributed by atoms with E-state index in [-0.39, 0.29) is 30.6 Å². The van der Waals surface area contributed by atoms with E-state index in [1.165, 1.54) is 0 Å². The van der Waals surface area contributed by atoms with E-state index < -0.39 is 6.04 Å². The number of hydrogen-bond acceptors (Lipinski definition) is 3. The number of benzene rings is 2. The average molecular weight is 390 g/mol. The van der Waals surface area contributed by atoms with Crippen LogP contribution in [0.1, 0.15) is 30.9 Å². The van der Waals surface area contributed by atoms with E-state index in [1.54, 1.807) is 0 Å². The highest BCUT2D eigenvalue weighted by molar-refractivity contribution is 5.88. The largest absolute Gasteiger partial charge is 0.399 e. The van der Waals surface area contributed by atoms with E-state index in [0.717, 1.165) is 29.7 Å². The predicted octanol–water partition coefficient (Wildman–Crippen LogP) is 2.88. The van der Waals surface area contributed by atoms with Crippen LogP contribution in [0.4, 0.5) is 5.69 Å². The molecule has 6 heteroatoms. The maximum absolute atomic E-state index is 12.4. The van der Waals surface area contributed by atoms with Crippen molar-refractivity contribution >= 4 is 29.9 Å². The topological polar surface area (TPSA) is 84.2 Å². The normalized spacial score (nSPS) is 11.1. The summed E-state index contributed by atoms with van der Waals surface area (Å²) >= 11 is 0. The summed E-state index contributed by atoms with van der Waals surface area (Å²) in [6, 6.07) is 16.6. The van der Waals surface area contributed by atoms with Crippen LogP contribution in [0.3, 0.4) is 0 Å². The number of halogens is 1. The predicted molar refractivity (Wildman–Crippen MR) is 112 cm³/mol. The van der Waals surface area contributed by atoms with Crippen molar-refractivity contribution in [3.63, 3.8) is 0 Å². The fourth-order valence-electron chi connectivity index (χ4n) is 2.72. The summed E-state index contributed by atoms with van der Waals surface area (Å²) in [4.78, 5) is 24.6. The lowest BCUT2D eigenvalue weighted by atomic mass is 10.1. The molecule has 0 saturated carbocycles. The highest BCUT2D eigenvalue weighted by Gasteiger charge is 2.19. The molecule has 0 aliphatic heterocycles. The Morgan fingerprint density at radius 3 is 2.30 bits per heavy atom. The Balaban J connectivity index is 0.00000364. The molecule has 0 saturated heterocycles. The van der Waals surface area contributed by atoms with Crippen molar-refractivity contribution in [2.24, 2.45) is 0 Å². The van der Waals surface area contributed by atoms with Gasteiger partial charge >= 0.3 is 0 Å². The second-order valence-electron chi connectivity index (χ2n) is 6.35. The first-order valence-corrected chi connectivity index (χ1v) is 9.04. The first-order valence-electron chi connectivity index (χ1n) is 9.04. The molecule has 5 nitrogen and oxygen atoms in total. The maximum Gasteiger partial charge on any atom is 0.242 e. The number of carbonyl (C=O) groups is 2. The quantitative estimate of drug-likeness (QED) is 0.576. The van der Waals surface area contributed by atoms with Gasteiger partial charge in [0.2, 0.25) is 11.8 Å². The number of amides is 2. The van der Waals surface area contributed by atoms with E-state index in [1.807, 2.05) is 61.5 Å². The number of nitrogens with one attached hydrogen (secondary N) is 2. The fraction of sp³-hybridized carbons (Fsp3) is 0.333. The summed E-state index contributed by atoms with van der Waals surface area (Å²) in [6.07, 6.45) is 2.44. The Hall–Kier alpha value is -2.53. The Kier molecular flexibility index (Phi) is 9.98. The molecule has 2 aromatic carbocycles. The van der Waals surface area contributed by atoms with Crippen LogP contribution in [0.25, 0.3) is 0 Å². The van der Waals surface area contributed by atoms with Crippen LogP contribution in [0, 0.1) is 0 Å². The molecule has 2 rings (SSSR count). The number of anilines is 1. The number of nitrogen functional groups attached to an aromatic ring is 1. The van der Waals surface area contributed by atoms with E-state index in [9.17, 15) is 9.59 Å². The lowest BCUT2D eigenvalue weighted by Gasteiger charge is -2.18. The molecule has 0 aromatic heterocycles. The maximum atomic E-state index is 12.4. The lowest BCUT2D eigenvalue weighted by molar-refractivity contribution is -0.128. The number of rotatable bonds is 9. The Bertz CT molecular complexity index is 705. The minimum atomic E-state index is -0.498. The average Bonchev–Trinajstić information content (AvgIpc) is 2.63. The van der Waals surface area contributed by atoms with E-state index in [4.69, 9.17) is 5.73 Å². The zero-order valence-electron chi connectivity index (χ0n) is 15.6. The van der Waals surface area contributed by atoms with Crippen molar-refractivity contribution in [3.05, 3.63) is 65.7 Å². The van der Waals surface area contributed by atoms with Gasteiger partial charge in [-0.05, 0) is 36.1 Å². The third-order valence-corrected chi connectivity index (χ3v) is 4.13. The molecular formula is C21H28ClN3O2. The summed E-state index contributed by atoms with van der Waals surface area (Å²) in [5, 5.41) is 5.77. The smallest absolute Gasteiger partial charge is 0.242 e. The van der Waals surface area contributed by atoms with E-state index in [0.29, 0.717) is 13.0 Å². The molecule has 4 N–H and O–H groups in total. The van der Waals surface area contributed by atoms with Crippen molar-refractivity contribution in [2.45, 2.75) is 38.6 Å². The van der Waals surface area contributed by atoms with Gasteiger partial charge in [-0.1, -0.05) is 55.8 Å². The Morgan fingerprint density at radius 1 is 1.00 bits per heavy atom. The van der Waals surface area contributed by atoms with Gasteiger partial charge in [0.05, 0.1) is 6.42 Å². The number of carbonyl (C=O) groups excluding carboxylic acids is 2. The van der Waals surface area contributed by atoms with Crippen molar-refractivity contribution in [1.82, 2.24) is 10.6 Å². The van der Waals surface area contributed by atoms with Gasteiger partial charge in [-0.15, -0.1) is 12.4 Å². The molecule has 0 radical (unpaired) electrons. The van der Waals surface area contributed by atoms with Crippen LogP contribution in [0.15, 0.2) is 54.6 Å². The molecule has 1 unspecified atom stereocenters. The third kappa shape index (κ3) is 8.13. The van der Waals surface area contributed by atoms with Crippen LogP contribution in [0.2, 0.25) is 0 Å². The van der Waals surface area contributed by atoms with Gasteiger partial charge in [-0.2, -0.15) is 0 Å². The van der Waals surface area contributed by atoms with E-state index >= 15 is 0 Å². The second kappa shape index (κ2) is 12.0. The summed E-state index contributed by atoms with van der Waals surface area (Å²) < 4.78 is 0. The molecular weight excluding hydrogens is 362 g/mol. The van der Waals surface area contributed by atoms with Gasteiger partial charge in [0.1, 0.15) is 6.04 Å². The van der Waals surface area contributed by atoms with Gasteiger partial charge < -0.3 is 16.4 Å². The standard InChI is InChI=1S/C21H27N3O2.ClH/c1-2-6-19(24-20(25)15-17-7-4-3-5-8-17)21(26)23-14-13-16-9-11-18(22)12-10-16;/h3-5,7-12,19H,2,6,13-15,22H2,1H3,(H,23,26)(H,24,25);1H. The first kappa shape index (κ1) is 22.5. The fourth-order valence-corrected chi connectivity index (χ4v) is 2.72. The molecule has 1 atom stereocenters. The minimum absolute atomic E-state index is 0. The second-order valence-corrected chi connectivity index (χ2v) is 6.35. The highest BCUT2D eigenvalue weighted by Crippen LogP contribution is 2.06. The molecule has 2 amide bonds. The molecule has 0 fully saturated rings. The van der Waals surface area contributed by atoms with Crippen LogP contribution < -0.4 is 16.4 Å². The van der Waals surface area contributed by atoms with Crippen LogP contribution in [-0.4, -0.2) is 24.4 Å². The van der Waals surface area contributed by atoms with Crippen molar-refractivity contribution in [1.29, 1.82) is 0 Å². The summed E-state index contributed by atoms with van der Waals surface area (Å²) in [5.74, 6) is -0.271. The Labute approximate surface area is 167 Å². The molecule has 0 heterocycles. The summed E-state index contributed by atoms with van der Waals surface area (Å²) in [7, 11) is 0. The van der Waals surface area contributed by atoms with Gasteiger partial charge in [0.25, 0.3) is 0 Å². The van der Waals surface area contributed by atoms with Gasteiger partial charge in [-0.3, -0.25) is 9.59 Å². The van der Waals surface area contributed by atoms with Crippen molar-refractivity contribution in [3.8, 4) is 0 Å². The number of nitrogens with two attached hydrogens (primary N) is 1. The van der Waals surface area contributed by atoms with E-state index in [2.05, 4.69) is 10.6 Å². The summed E-state index contributed by atoms with van der Waals surface area (Å²) in [6.45, 7) is 2.52. The molecule has 2 aromatic rings. The molecule has 0 aliphatic rings. The highest BCUT2D eigenvalue weighted by atomic mass is 35.5.